The van der Waals surface area contributed by atoms with Crippen molar-refractivity contribution in [3.63, 3.8) is 0 Å². The zero-order chi connectivity index (χ0) is 30.5. The topological polar surface area (TPSA) is 46.2 Å². The van der Waals surface area contributed by atoms with Gasteiger partial charge in [-0.2, -0.15) is 0 Å². The number of quaternary nitrogens is 1. The third-order valence-corrected chi connectivity index (χ3v) is 10.5. The van der Waals surface area contributed by atoms with Crippen molar-refractivity contribution in [1.82, 2.24) is 4.72 Å². The van der Waals surface area contributed by atoms with E-state index in [1.54, 1.807) is 6.07 Å². The van der Waals surface area contributed by atoms with Crippen molar-refractivity contribution in [3.05, 3.63) is 125 Å². The zero-order valence-corrected chi connectivity index (χ0v) is 26.8. The quantitative estimate of drug-likeness (QED) is 0.140. The summed E-state index contributed by atoms with van der Waals surface area (Å²) in [5, 5.41) is 4.18. The SMILES string of the molecule is CC[N+](CC)(Cc1cc(C)cc(C)c1)CC(CCCc1ccc2ccccc2c1)NS(=O)(=O)c1cccc2ccccc12. The minimum Gasteiger partial charge on any atom is -0.319 e. The lowest BCUT2D eigenvalue weighted by molar-refractivity contribution is -0.938. The highest BCUT2D eigenvalue weighted by Crippen LogP contribution is 2.25. The maximum absolute atomic E-state index is 14.0. The fourth-order valence-electron chi connectivity index (χ4n) is 6.63. The third kappa shape index (κ3) is 7.53. The molecule has 0 radical (unpaired) electrons. The van der Waals surface area contributed by atoms with Gasteiger partial charge in [-0.1, -0.05) is 108 Å². The molecular formula is C38H45N2O2S+. The van der Waals surface area contributed by atoms with Gasteiger partial charge in [-0.3, -0.25) is 0 Å². The van der Waals surface area contributed by atoms with Crippen molar-refractivity contribution in [2.24, 2.45) is 0 Å². The minimum absolute atomic E-state index is 0.199. The highest BCUT2D eigenvalue weighted by Gasteiger charge is 2.31. The van der Waals surface area contributed by atoms with Gasteiger partial charge >= 0.3 is 0 Å². The molecule has 1 N–H and O–H groups in total. The Labute approximate surface area is 258 Å². The largest absolute Gasteiger partial charge is 0.319 e. The van der Waals surface area contributed by atoms with Crippen molar-refractivity contribution in [3.8, 4) is 0 Å². The van der Waals surface area contributed by atoms with Gasteiger partial charge in [-0.05, 0) is 74.7 Å². The molecule has 5 aromatic rings. The first-order chi connectivity index (χ1) is 20.7. The fraction of sp³-hybridized carbons (Fsp3) is 0.316. The summed E-state index contributed by atoms with van der Waals surface area (Å²) in [5.41, 5.74) is 5.14. The van der Waals surface area contributed by atoms with Crippen LogP contribution in [0.25, 0.3) is 21.5 Å². The summed E-state index contributed by atoms with van der Waals surface area (Å²) in [6.07, 6.45) is 2.58. The van der Waals surface area contributed by atoms with E-state index < -0.39 is 10.0 Å². The predicted octanol–water partition coefficient (Wildman–Crippen LogP) is 8.34. The number of hydrogen-bond acceptors (Lipinski definition) is 2. The fourth-order valence-corrected chi connectivity index (χ4v) is 8.12. The molecule has 0 aliphatic carbocycles. The summed E-state index contributed by atoms with van der Waals surface area (Å²) in [6.45, 7) is 12.2. The molecular weight excluding hydrogens is 548 g/mol. The van der Waals surface area contributed by atoms with Crippen LogP contribution in [0.15, 0.2) is 108 Å². The van der Waals surface area contributed by atoms with Gasteiger partial charge in [-0.25, -0.2) is 13.1 Å². The highest BCUT2D eigenvalue weighted by molar-refractivity contribution is 7.89. The first-order valence-corrected chi connectivity index (χ1v) is 17.1. The van der Waals surface area contributed by atoms with E-state index in [1.165, 1.54) is 33.0 Å². The van der Waals surface area contributed by atoms with E-state index in [2.05, 4.69) is 93.1 Å². The van der Waals surface area contributed by atoms with Crippen LogP contribution in [0.1, 0.15) is 48.9 Å². The molecule has 0 aliphatic rings. The van der Waals surface area contributed by atoms with Gasteiger partial charge in [0.2, 0.25) is 10.0 Å². The molecule has 0 heterocycles. The monoisotopic (exact) mass is 593 g/mol. The van der Waals surface area contributed by atoms with Crippen molar-refractivity contribution in [2.75, 3.05) is 19.6 Å². The maximum atomic E-state index is 14.0. The Morgan fingerprint density at radius 1 is 0.698 bits per heavy atom. The summed E-state index contributed by atoms with van der Waals surface area (Å²) in [4.78, 5) is 0.352. The summed E-state index contributed by atoms with van der Waals surface area (Å²) < 4.78 is 32.1. The number of benzene rings is 5. The normalized spacial score (nSPS) is 13.0. The second-order valence-corrected chi connectivity index (χ2v) is 13.9. The second-order valence-electron chi connectivity index (χ2n) is 12.2. The van der Waals surface area contributed by atoms with Gasteiger partial charge in [0, 0.05) is 10.9 Å². The molecule has 4 nitrogen and oxygen atoms in total. The van der Waals surface area contributed by atoms with E-state index in [4.69, 9.17) is 0 Å². The molecule has 0 saturated heterocycles. The predicted molar refractivity (Wildman–Crippen MR) is 181 cm³/mol. The van der Waals surface area contributed by atoms with Gasteiger partial charge in [0.15, 0.2) is 0 Å². The van der Waals surface area contributed by atoms with Crippen LogP contribution in [0.3, 0.4) is 0 Å². The number of rotatable bonds is 13. The van der Waals surface area contributed by atoms with Crippen LogP contribution in [0, 0.1) is 13.8 Å². The summed E-state index contributed by atoms with van der Waals surface area (Å²) >= 11 is 0. The number of likely N-dealkylation sites (N-methyl/N-ethyl adjacent to an activating group) is 1. The van der Waals surface area contributed by atoms with Crippen LogP contribution in [-0.2, 0) is 23.0 Å². The second kappa shape index (κ2) is 13.4. The number of aryl methyl sites for hydroxylation is 3. The molecule has 0 amide bonds. The number of sulfonamides is 1. The van der Waals surface area contributed by atoms with Crippen LogP contribution in [-0.4, -0.2) is 38.6 Å². The number of fused-ring (bicyclic) bond motifs is 2. The number of nitrogens with zero attached hydrogens (tertiary/aromatic N) is 1. The van der Waals surface area contributed by atoms with Crippen LogP contribution in [0.5, 0.6) is 0 Å². The molecule has 0 fully saturated rings. The smallest absolute Gasteiger partial charge is 0.241 e. The highest BCUT2D eigenvalue weighted by atomic mass is 32.2. The summed E-state index contributed by atoms with van der Waals surface area (Å²) in [7, 11) is -3.75. The standard InChI is InChI=1S/C38H45N2O2S/c1-5-40(6-2,27-32-24-29(3)23-30(4)25-32)28-36(18-11-13-31-21-22-33-14-7-8-16-35(33)26-31)39-43(41,42)38-20-12-17-34-15-9-10-19-37(34)38/h7-10,12,14-17,19-26,36,39H,5-6,11,13,18,27-28H2,1-4H3/q+1. The van der Waals surface area contributed by atoms with E-state index in [9.17, 15) is 8.42 Å². The molecule has 0 spiro atoms. The zero-order valence-electron chi connectivity index (χ0n) is 26.0. The van der Waals surface area contributed by atoms with Crippen molar-refractivity contribution in [1.29, 1.82) is 0 Å². The molecule has 0 aromatic heterocycles. The molecule has 5 heteroatoms. The summed E-state index contributed by atoms with van der Waals surface area (Å²) in [6, 6.07) is 34.9. The van der Waals surface area contributed by atoms with Crippen molar-refractivity contribution < 1.29 is 12.9 Å². The van der Waals surface area contributed by atoms with Gasteiger partial charge in [-0.15, -0.1) is 0 Å². The van der Waals surface area contributed by atoms with E-state index in [1.807, 2.05) is 36.4 Å². The van der Waals surface area contributed by atoms with Crippen LogP contribution < -0.4 is 4.72 Å². The molecule has 0 aliphatic heterocycles. The molecule has 0 bridgehead atoms. The first-order valence-electron chi connectivity index (χ1n) is 15.6. The molecule has 224 valence electrons. The van der Waals surface area contributed by atoms with Crippen LogP contribution in [0.2, 0.25) is 0 Å². The Hall–Kier alpha value is -3.51. The lowest BCUT2D eigenvalue weighted by Gasteiger charge is -2.40. The molecule has 1 atom stereocenters. The van der Waals surface area contributed by atoms with Gasteiger partial charge in [0.1, 0.15) is 6.54 Å². The van der Waals surface area contributed by atoms with Gasteiger partial charge in [0.25, 0.3) is 0 Å². The first kappa shape index (κ1) is 30.9. The van der Waals surface area contributed by atoms with Crippen molar-refractivity contribution >= 4 is 31.6 Å². The molecule has 5 rings (SSSR count). The molecule has 5 aromatic carbocycles. The van der Waals surface area contributed by atoms with E-state index in [0.29, 0.717) is 4.90 Å². The molecule has 0 saturated carbocycles. The Kier molecular flexibility index (Phi) is 9.65. The number of nitrogens with one attached hydrogen (secondary N) is 1. The van der Waals surface area contributed by atoms with E-state index >= 15 is 0 Å². The van der Waals surface area contributed by atoms with Gasteiger partial charge < -0.3 is 4.48 Å². The van der Waals surface area contributed by atoms with E-state index in [-0.39, 0.29) is 6.04 Å². The average molecular weight is 594 g/mol. The molecule has 1 unspecified atom stereocenters. The maximum Gasteiger partial charge on any atom is 0.241 e. The van der Waals surface area contributed by atoms with Crippen molar-refractivity contribution in [2.45, 2.75) is 64.4 Å². The third-order valence-electron chi connectivity index (χ3n) is 8.94. The lowest BCUT2D eigenvalue weighted by Crippen LogP contribution is -2.55. The lowest BCUT2D eigenvalue weighted by atomic mass is 10.0. The Balaban J connectivity index is 1.42. The summed E-state index contributed by atoms with van der Waals surface area (Å²) in [5.74, 6) is 0. The van der Waals surface area contributed by atoms with Crippen LogP contribution in [0.4, 0.5) is 0 Å². The Morgan fingerprint density at radius 3 is 2.07 bits per heavy atom. The van der Waals surface area contributed by atoms with Gasteiger partial charge in [0.05, 0.1) is 30.6 Å². The average Bonchev–Trinajstić information content (AvgIpc) is 2.99. The molecule has 43 heavy (non-hydrogen) atoms. The van der Waals surface area contributed by atoms with Crippen LogP contribution >= 0.6 is 0 Å². The Bertz CT molecular complexity index is 1780. The Morgan fingerprint density at radius 2 is 1.35 bits per heavy atom. The number of hydrogen-bond donors (Lipinski definition) is 1. The minimum atomic E-state index is -3.75. The van der Waals surface area contributed by atoms with E-state index in [0.717, 1.165) is 60.7 Å².